The summed E-state index contributed by atoms with van der Waals surface area (Å²) in [5.41, 5.74) is 3.61. The van der Waals surface area contributed by atoms with Crippen LogP contribution in [0.3, 0.4) is 0 Å². The first-order valence-electron chi connectivity index (χ1n) is 13.0. The van der Waals surface area contributed by atoms with Gasteiger partial charge in [-0.3, -0.25) is 4.90 Å². The van der Waals surface area contributed by atoms with E-state index < -0.39 is 0 Å². The Morgan fingerprint density at radius 3 is 2.29 bits per heavy atom. The maximum atomic E-state index is 13.1. The predicted octanol–water partition coefficient (Wildman–Crippen LogP) is 4.73. The number of benzene rings is 2. The van der Waals surface area contributed by atoms with Crippen LogP contribution in [-0.2, 0) is 0 Å². The highest BCUT2D eigenvalue weighted by Crippen LogP contribution is 2.42. The highest BCUT2D eigenvalue weighted by molar-refractivity contribution is 5.74. The van der Waals surface area contributed by atoms with Crippen molar-refractivity contribution in [2.24, 2.45) is 0 Å². The smallest absolute Gasteiger partial charge is 0.317 e. The molecule has 2 heterocycles. The minimum Gasteiger partial charge on any atom is -0.395 e. The highest BCUT2D eigenvalue weighted by Gasteiger charge is 2.49. The van der Waals surface area contributed by atoms with Gasteiger partial charge in [0.2, 0.25) is 0 Å². The molecule has 5 rings (SSSR count). The van der Waals surface area contributed by atoms with Crippen molar-refractivity contribution < 1.29 is 9.90 Å². The van der Waals surface area contributed by atoms with Gasteiger partial charge in [-0.1, -0.05) is 79.6 Å². The number of hydrogen-bond acceptors (Lipinski definition) is 3. The van der Waals surface area contributed by atoms with E-state index in [1.165, 1.54) is 29.5 Å². The molecular formula is C29H37N3O2. The van der Waals surface area contributed by atoms with Crippen LogP contribution in [0.5, 0.6) is 0 Å². The van der Waals surface area contributed by atoms with Gasteiger partial charge in [-0.05, 0) is 48.9 Å². The van der Waals surface area contributed by atoms with Gasteiger partial charge in [0.15, 0.2) is 0 Å². The molecule has 0 spiro atoms. The maximum absolute atomic E-state index is 13.1. The summed E-state index contributed by atoms with van der Waals surface area (Å²) >= 11 is 0. The van der Waals surface area contributed by atoms with Crippen LogP contribution in [0.2, 0.25) is 0 Å². The van der Waals surface area contributed by atoms with E-state index in [2.05, 4.69) is 58.8 Å². The molecule has 3 aliphatic rings. The molecule has 2 aromatic rings. The third-order valence-corrected chi connectivity index (χ3v) is 7.93. The molecule has 1 saturated carbocycles. The van der Waals surface area contributed by atoms with Crippen molar-refractivity contribution in [1.29, 1.82) is 0 Å². The number of carbonyl (C=O) groups excluding carboxylic acids is 1. The molecule has 1 aliphatic carbocycles. The molecule has 2 N–H and O–H groups in total. The normalized spacial score (nSPS) is 26.0. The molecule has 2 saturated heterocycles. The first-order chi connectivity index (χ1) is 16.7. The Morgan fingerprint density at radius 1 is 0.912 bits per heavy atom. The van der Waals surface area contributed by atoms with Gasteiger partial charge in [-0.2, -0.15) is 0 Å². The quantitative estimate of drug-likeness (QED) is 0.636. The molecule has 5 heteroatoms. The second kappa shape index (κ2) is 10.7. The number of hydrogen-bond donors (Lipinski definition) is 2. The van der Waals surface area contributed by atoms with Crippen molar-refractivity contribution in [3.05, 3.63) is 71.3 Å². The number of urea groups is 1. The van der Waals surface area contributed by atoms with Gasteiger partial charge in [0.1, 0.15) is 0 Å². The van der Waals surface area contributed by atoms with Crippen molar-refractivity contribution in [3.63, 3.8) is 0 Å². The minimum absolute atomic E-state index is 0.0985. The number of nitrogens with zero attached hydrogens (tertiary/aromatic N) is 2. The third kappa shape index (κ3) is 5.06. The number of carbonyl (C=O) groups is 1. The van der Waals surface area contributed by atoms with Crippen molar-refractivity contribution in [3.8, 4) is 0 Å². The Hall–Kier alpha value is -2.63. The number of rotatable bonds is 5. The van der Waals surface area contributed by atoms with Crippen LogP contribution in [-0.4, -0.2) is 65.3 Å². The topological polar surface area (TPSA) is 55.8 Å². The van der Waals surface area contributed by atoms with Gasteiger partial charge >= 0.3 is 6.03 Å². The number of nitrogens with one attached hydrogen (secondary N) is 1. The summed E-state index contributed by atoms with van der Waals surface area (Å²) in [6.07, 6.45) is 11.0. The van der Waals surface area contributed by atoms with Gasteiger partial charge in [0, 0.05) is 37.1 Å². The summed E-state index contributed by atoms with van der Waals surface area (Å²) in [6.45, 7) is 2.71. The average Bonchev–Trinajstić information content (AvgIpc) is 3.36. The average molecular weight is 460 g/mol. The molecule has 34 heavy (non-hydrogen) atoms. The Bertz CT molecular complexity index is 969. The molecule has 2 amide bonds. The zero-order valence-electron chi connectivity index (χ0n) is 20.0. The molecule has 2 aromatic carbocycles. The van der Waals surface area contributed by atoms with Crippen molar-refractivity contribution in [2.75, 3.05) is 26.2 Å². The summed E-state index contributed by atoms with van der Waals surface area (Å²) < 4.78 is 0. The van der Waals surface area contributed by atoms with Gasteiger partial charge in [0.05, 0.1) is 6.61 Å². The molecule has 3 atom stereocenters. The number of fused-ring (bicyclic) bond motifs is 1. The zero-order valence-corrected chi connectivity index (χ0v) is 20.0. The first kappa shape index (κ1) is 23.1. The molecular weight excluding hydrogens is 422 g/mol. The van der Waals surface area contributed by atoms with E-state index in [1.54, 1.807) is 0 Å². The van der Waals surface area contributed by atoms with Crippen LogP contribution in [0.15, 0.2) is 54.6 Å². The van der Waals surface area contributed by atoms with E-state index in [0.29, 0.717) is 6.04 Å². The second-order valence-corrected chi connectivity index (χ2v) is 10.1. The third-order valence-electron chi connectivity index (χ3n) is 7.93. The van der Waals surface area contributed by atoms with Crippen molar-refractivity contribution in [1.82, 2.24) is 15.1 Å². The summed E-state index contributed by atoms with van der Waals surface area (Å²) in [4.78, 5) is 17.5. The maximum Gasteiger partial charge on any atom is 0.317 e. The van der Waals surface area contributed by atoms with E-state index in [4.69, 9.17) is 0 Å². The fraction of sp³-hybridized carbons (Fsp3) is 0.483. The van der Waals surface area contributed by atoms with Crippen LogP contribution in [0.4, 0.5) is 4.79 Å². The van der Waals surface area contributed by atoms with Crippen LogP contribution >= 0.6 is 0 Å². The van der Waals surface area contributed by atoms with Gasteiger partial charge < -0.3 is 15.3 Å². The van der Waals surface area contributed by atoms with E-state index >= 15 is 0 Å². The molecule has 180 valence electrons. The van der Waals surface area contributed by atoms with Crippen LogP contribution in [0.1, 0.15) is 61.1 Å². The first-order valence-corrected chi connectivity index (χ1v) is 13.0. The number of aliphatic hydroxyl groups is 1. The lowest BCUT2D eigenvalue weighted by Gasteiger charge is -2.57. The Morgan fingerprint density at radius 2 is 1.59 bits per heavy atom. The molecule has 0 unspecified atom stereocenters. The zero-order chi connectivity index (χ0) is 23.3. The molecule has 3 fully saturated rings. The summed E-state index contributed by atoms with van der Waals surface area (Å²) in [6, 6.07) is 19.9. The lowest BCUT2D eigenvalue weighted by Crippen LogP contribution is -2.68. The number of amides is 2. The van der Waals surface area contributed by atoms with E-state index in [9.17, 15) is 9.90 Å². The van der Waals surface area contributed by atoms with E-state index in [-0.39, 0.29) is 30.6 Å². The summed E-state index contributed by atoms with van der Waals surface area (Å²) in [5.74, 6) is 0.247. The second-order valence-electron chi connectivity index (χ2n) is 10.1. The minimum atomic E-state index is 0.0985. The van der Waals surface area contributed by atoms with Gasteiger partial charge in [0.25, 0.3) is 0 Å². The van der Waals surface area contributed by atoms with Gasteiger partial charge in [-0.15, -0.1) is 0 Å². The van der Waals surface area contributed by atoms with Crippen molar-refractivity contribution in [2.45, 2.75) is 62.6 Å². The van der Waals surface area contributed by atoms with Crippen LogP contribution in [0, 0.1) is 0 Å². The SMILES string of the molecule is O=C(NC1CCCC1)N1CCCCN2[C@@H](CO)[C@H](c3ccc(/C=C/c4ccccc4)cc3)[C@@H]2C1. The molecule has 0 aromatic heterocycles. The summed E-state index contributed by atoms with van der Waals surface area (Å²) in [7, 11) is 0. The van der Waals surface area contributed by atoms with Crippen molar-refractivity contribution >= 4 is 18.2 Å². The number of aliphatic hydroxyl groups excluding tert-OH is 1. The lowest BCUT2D eigenvalue weighted by molar-refractivity contribution is -0.0591. The Labute approximate surface area is 203 Å². The van der Waals surface area contributed by atoms with Gasteiger partial charge in [-0.25, -0.2) is 4.79 Å². The summed E-state index contributed by atoms with van der Waals surface area (Å²) in [5, 5.41) is 13.5. The fourth-order valence-electron chi connectivity index (χ4n) is 6.05. The van der Waals surface area contributed by atoms with Crippen LogP contribution < -0.4 is 5.32 Å². The molecule has 0 bridgehead atoms. The van der Waals surface area contributed by atoms with E-state index in [0.717, 1.165) is 45.3 Å². The monoisotopic (exact) mass is 459 g/mol. The standard InChI is InChI=1S/C29H37N3O2/c33-21-27-28(24-16-14-23(15-17-24)13-12-22-8-2-1-3-9-22)26-20-31(18-6-7-19-32(26)27)29(34)30-25-10-4-5-11-25/h1-3,8-9,12-17,25-28,33H,4-7,10-11,18-21H2,(H,30,34)/b13-12+/t26-,27-,28+/m0/s1. The largest absolute Gasteiger partial charge is 0.395 e. The highest BCUT2D eigenvalue weighted by atomic mass is 16.3. The fourth-order valence-corrected chi connectivity index (χ4v) is 6.05. The molecule has 5 nitrogen and oxygen atoms in total. The van der Waals surface area contributed by atoms with Crippen LogP contribution in [0.25, 0.3) is 12.2 Å². The lowest BCUT2D eigenvalue weighted by atomic mass is 9.74. The van der Waals surface area contributed by atoms with E-state index in [1.807, 2.05) is 23.1 Å². The molecule has 2 aliphatic heterocycles. The Balaban J connectivity index is 1.29. The Kier molecular flexibility index (Phi) is 7.31. The predicted molar refractivity (Wildman–Crippen MR) is 138 cm³/mol. The molecule has 0 radical (unpaired) electrons.